The Morgan fingerprint density at radius 2 is 1.89 bits per heavy atom. The Labute approximate surface area is 211 Å². The number of fused-ring (bicyclic) bond motifs is 2. The Kier molecular flexibility index (Phi) is 5.65. The third-order valence-electron chi connectivity index (χ3n) is 6.14. The molecule has 0 saturated carbocycles. The second-order valence-electron chi connectivity index (χ2n) is 8.74. The summed E-state index contributed by atoms with van der Waals surface area (Å²) in [7, 11) is 0. The van der Waals surface area contributed by atoms with Crippen LogP contribution in [0.1, 0.15) is 19.8 Å². The van der Waals surface area contributed by atoms with Crippen LogP contribution >= 0.6 is 0 Å². The Morgan fingerprint density at radius 3 is 2.73 bits per heavy atom. The van der Waals surface area contributed by atoms with Crippen LogP contribution in [0.5, 0.6) is 0 Å². The molecular weight excluding hydrogens is 469 g/mol. The summed E-state index contributed by atoms with van der Waals surface area (Å²) in [6.45, 7) is 1.96. The number of hydrogen-bond donors (Lipinski definition) is 3. The van der Waals surface area contributed by atoms with E-state index in [0.717, 1.165) is 39.7 Å². The number of amides is 1. The van der Waals surface area contributed by atoms with Gasteiger partial charge in [0.1, 0.15) is 22.7 Å². The van der Waals surface area contributed by atoms with E-state index in [4.69, 9.17) is 4.98 Å². The van der Waals surface area contributed by atoms with Crippen LogP contribution in [-0.2, 0) is 4.79 Å². The monoisotopic (exact) mass is 491 g/mol. The molecule has 37 heavy (non-hydrogen) atoms. The highest BCUT2D eigenvalue weighted by atomic mass is 19.1. The molecule has 6 rings (SSSR count). The van der Waals surface area contributed by atoms with E-state index in [-0.39, 0.29) is 11.7 Å². The summed E-state index contributed by atoms with van der Waals surface area (Å²) < 4.78 is 13.5. The molecule has 9 heteroatoms. The van der Waals surface area contributed by atoms with Gasteiger partial charge in [0.25, 0.3) is 0 Å². The predicted octanol–water partition coefficient (Wildman–Crippen LogP) is 6.11. The quantitative estimate of drug-likeness (QED) is 0.260. The van der Waals surface area contributed by atoms with Crippen molar-refractivity contribution < 1.29 is 9.18 Å². The molecule has 0 saturated heterocycles. The maximum atomic E-state index is 13.5. The molecule has 182 valence electrons. The maximum absolute atomic E-state index is 13.5. The van der Waals surface area contributed by atoms with Crippen molar-refractivity contribution in [2.24, 2.45) is 0 Å². The summed E-state index contributed by atoms with van der Waals surface area (Å²) in [5, 5.41) is 11.3. The SMILES string of the molecule is CCCC(=O)Nc1cncc(-c2ccc3[nH]nc(-c4cc5c(-c6ccc(F)cc6)ccnc5[nH]4)c3n2)c1. The van der Waals surface area contributed by atoms with E-state index in [9.17, 15) is 9.18 Å². The summed E-state index contributed by atoms with van der Waals surface area (Å²) in [4.78, 5) is 29.0. The number of H-pyrrole nitrogens is 2. The summed E-state index contributed by atoms with van der Waals surface area (Å²) in [6, 6.07) is 15.9. The molecule has 0 bridgehead atoms. The number of carbonyl (C=O) groups excluding carboxylic acids is 1. The number of aromatic nitrogens is 6. The van der Waals surface area contributed by atoms with E-state index in [0.29, 0.717) is 34.7 Å². The van der Waals surface area contributed by atoms with Crippen LogP contribution in [0.15, 0.2) is 73.2 Å². The highest BCUT2D eigenvalue weighted by Crippen LogP contribution is 2.33. The molecule has 5 aromatic heterocycles. The van der Waals surface area contributed by atoms with Gasteiger partial charge in [-0.2, -0.15) is 5.10 Å². The summed E-state index contributed by atoms with van der Waals surface area (Å²) >= 11 is 0. The minimum absolute atomic E-state index is 0.0468. The molecule has 0 aliphatic rings. The molecule has 5 heterocycles. The zero-order valence-corrected chi connectivity index (χ0v) is 19.9. The molecule has 1 amide bonds. The van der Waals surface area contributed by atoms with Crippen LogP contribution in [0.25, 0.3) is 55.8 Å². The fourth-order valence-corrected chi connectivity index (χ4v) is 4.38. The Hall–Kier alpha value is -4.92. The fraction of sp³-hybridized carbons (Fsp3) is 0.107. The molecule has 0 radical (unpaired) electrons. The number of carbonyl (C=O) groups is 1. The van der Waals surface area contributed by atoms with E-state index in [1.54, 1.807) is 30.7 Å². The first kappa shape index (κ1) is 22.5. The lowest BCUT2D eigenvalue weighted by Gasteiger charge is -2.06. The van der Waals surface area contributed by atoms with E-state index < -0.39 is 0 Å². The van der Waals surface area contributed by atoms with Gasteiger partial charge in [-0.05, 0) is 60.0 Å². The van der Waals surface area contributed by atoms with Gasteiger partial charge >= 0.3 is 0 Å². The van der Waals surface area contributed by atoms with Gasteiger partial charge in [-0.3, -0.25) is 14.9 Å². The molecule has 6 aromatic rings. The largest absolute Gasteiger partial charge is 0.338 e. The third-order valence-corrected chi connectivity index (χ3v) is 6.14. The van der Waals surface area contributed by atoms with E-state index in [1.807, 2.05) is 37.3 Å². The lowest BCUT2D eigenvalue weighted by Crippen LogP contribution is -2.10. The normalized spacial score (nSPS) is 11.3. The van der Waals surface area contributed by atoms with Crippen LogP contribution in [0.3, 0.4) is 0 Å². The van der Waals surface area contributed by atoms with Gasteiger partial charge in [0.15, 0.2) is 0 Å². The number of benzene rings is 1. The minimum atomic E-state index is -0.280. The first-order valence-electron chi connectivity index (χ1n) is 11.9. The van der Waals surface area contributed by atoms with Gasteiger partial charge in [0.05, 0.1) is 28.8 Å². The van der Waals surface area contributed by atoms with Crippen molar-refractivity contribution in [1.29, 1.82) is 0 Å². The number of rotatable bonds is 6. The summed E-state index contributed by atoms with van der Waals surface area (Å²) in [6.07, 6.45) is 6.28. The standard InChI is InChI=1S/C28H22FN7O/c1-2-3-25(37)32-19-12-17(14-30-15-19)22-8-9-23-26(33-22)27(36-35-23)24-13-21-20(10-11-31-28(21)34-24)16-4-6-18(29)7-5-16/h4-15H,2-3H2,1H3,(H,31,34)(H,32,37)(H,35,36). The van der Waals surface area contributed by atoms with Crippen LogP contribution in [0.2, 0.25) is 0 Å². The molecule has 0 atom stereocenters. The van der Waals surface area contributed by atoms with Gasteiger partial charge in [-0.1, -0.05) is 19.1 Å². The summed E-state index contributed by atoms with van der Waals surface area (Å²) in [5.74, 6) is -0.327. The number of anilines is 1. The Morgan fingerprint density at radius 1 is 1.03 bits per heavy atom. The van der Waals surface area contributed by atoms with Crippen LogP contribution in [0, 0.1) is 5.82 Å². The zero-order valence-electron chi connectivity index (χ0n) is 19.9. The van der Waals surface area contributed by atoms with Crippen molar-refractivity contribution in [2.45, 2.75) is 19.8 Å². The maximum Gasteiger partial charge on any atom is 0.224 e. The summed E-state index contributed by atoms with van der Waals surface area (Å²) in [5.41, 5.74) is 7.52. The number of halogens is 1. The molecule has 0 spiro atoms. The smallest absolute Gasteiger partial charge is 0.224 e. The van der Waals surface area contributed by atoms with E-state index in [1.165, 1.54) is 12.1 Å². The number of pyridine rings is 3. The van der Waals surface area contributed by atoms with Gasteiger partial charge in [0.2, 0.25) is 5.91 Å². The van der Waals surface area contributed by atoms with Gasteiger partial charge < -0.3 is 10.3 Å². The highest BCUT2D eigenvalue weighted by Gasteiger charge is 2.16. The van der Waals surface area contributed by atoms with Gasteiger partial charge in [0, 0.05) is 29.8 Å². The third kappa shape index (κ3) is 4.31. The minimum Gasteiger partial charge on any atom is -0.338 e. The Balaban J connectivity index is 1.40. The molecule has 0 unspecified atom stereocenters. The van der Waals surface area contributed by atoms with Crippen molar-refractivity contribution in [3.8, 4) is 33.8 Å². The van der Waals surface area contributed by atoms with E-state index in [2.05, 4.69) is 30.5 Å². The van der Waals surface area contributed by atoms with Gasteiger partial charge in [-0.25, -0.2) is 14.4 Å². The van der Waals surface area contributed by atoms with Gasteiger partial charge in [-0.15, -0.1) is 0 Å². The molecule has 0 fully saturated rings. The Bertz CT molecular complexity index is 1750. The van der Waals surface area contributed by atoms with Crippen LogP contribution < -0.4 is 5.32 Å². The molecular formula is C28H22FN7O. The molecule has 0 aliphatic carbocycles. The molecule has 3 N–H and O–H groups in total. The lowest BCUT2D eigenvalue weighted by atomic mass is 10.0. The van der Waals surface area contributed by atoms with Crippen molar-refractivity contribution >= 4 is 33.7 Å². The average Bonchev–Trinajstić information content (AvgIpc) is 3.53. The van der Waals surface area contributed by atoms with Crippen molar-refractivity contribution in [3.63, 3.8) is 0 Å². The van der Waals surface area contributed by atoms with Crippen LogP contribution in [0.4, 0.5) is 10.1 Å². The van der Waals surface area contributed by atoms with Crippen LogP contribution in [-0.4, -0.2) is 36.0 Å². The number of nitrogens with zero attached hydrogens (tertiary/aromatic N) is 4. The lowest BCUT2D eigenvalue weighted by molar-refractivity contribution is -0.116. The zero-order chi connectivity index (χ0) is 25.4. The van der Waals surface area contributed by atoms with Crippen molar-refractivity contribution in [2.75, 3.05) is 5.32 Å². The molecule has 0 aliphatic heterocycles. The average molecular weight is 492 g/mol. The molecule has 8 nitrogen and oxygen atoms in total. The van der Waals surface area contributed by atoms with E-state index >= 15 is 0 Å². The van der Waals surface area contributed by atoms with Crippen molar-refractivity contribution in [3.05, 3.63) is 79.0 Å². The first-order chi connectivity index (χ1) is 18.1. The van der Waals surface area contributed by atoms with Crippen molar-refractivity contribution in [1.82, 2.24) is 30.1 Å². The second-order valence-corrected chi connectivity index (χ2v) is 8.74. The first-order valence-corrected chi connectivity index (χ1v) is 11.9. The number of hydrogen-bond acceptors (Lipinski definition) is 5. The topological polar surface area (TPSA) is 112 Å². The second kappa shape index (κ2) is 9.27. The predicted molar refractivity (Wildman–Crippen MR) is 141 cm³/mol. The fourth-order valence-electron chi connectivity index (χ4n) is 4.38. The number of nitrogens with one attached hydrogen (secondary N) is 3. The number of aromatic amines is 2. The highest BCUT2D eigenvalue weighted by molar-refractivity contribution is 5.99. The molecule has 1 aromatic carbocycles.